The molecular formula is C24H23N3O4S. The van der Waals surface area contributed by atoms with Crippen molar-refractivity contribution in [3.63, 3.8) is 0 Å². The van der Waals surface area contributed by atoms with Gasteiger partial charge in [0.15, 0.2) is 0 Å². The number of amides is 2. The Kier molecular flexibility index (Phi) is 7.33. The molecule has 0 aliphatic carbocycles. The summed E-state index contributed by atoms with van der Waals surface area (Å²) in [5.41, 5.74) is 3.61. The van der Waals surface area contributed by atoms with E-state index in [1.54, 1.807) is 24.3 Å². The van der Waals surface area contributed by atoms with Gasteiger partial charge in [-0.15, -0.1) is 0 Å². The molecule has 1 aliphatic heterocycles. The molecule has 7 nitrogen and oxygen atoms in total. The highest BCUT2D eigenvalue weighted by molar-refractivity contribution is 8.03. The molecule has 0 bridgehead atoms. The number of carbonyl (C=O) groups is 3. The van der Waals surface area contributed by atoms with Crippen molar-refractivity contribution >= 4 is 35.2 Å². The molecule has 0 unspecified atom stereocenters. The molecule has 0 aromatic heterocycles. The van der Waals surface area contributed by atoms with Gasteiger partial charge in [0.05, 0.1) is 29.5 Å². The van der Waals surface area contributed by atoms with Crippen LogP contribution < -0.4 is 10.6 Å². The fourth-order valence-corrected chi connectivity index (χ4v) is 4.57. The molecule has 3 rings (SSSR count). The van der Waals surface area contributed by atoms with Crippen molar-refractivity contribution in [3.05, 3.63) is 75.8 Å². The van der Waals surface area contributed by atoms with Crippen LogP contribution in [0.4, 0.5) is 5.69 Å². The number of nitriles is 1. The first-order valence-electron chi connectivity index (χ1n) is 9.93. The van der Waals surface area contributed by atoms with Crippen molar-refractivity contribution in [2.45, 2.75) is 19.8 Å². The third kappa shape index (κ3) is 5.18. The second-order valence-electron chi connectivity index (χ2n) is 7.45. The van der Waals surface area contributed by atoms with E-state index in [1.165, 1.54) is 7.11 Å². The van der Waals surface area contributed by atoms with Crippen molar-refractivity contribution in [3.8, 4) is 6.07 Å². The maximum absolute atomic E-state index is 12.8. The van der Waals surface area contributed by atoms with Crippen LogP contribution in [0.2, 0.25) is 0 Å². The minimum atomic E-state index is -1.19. The second-order valence-corrected chi connectivity index (χ2v) is 8.43. The molecule has 1 aliphatic rings. The van der Waals surface area contributed by atoms with Crippen LogP contribution in [0.25, 0.3) is 0 Å². The molecule has 164 valence electrons. The first-order chi connectivity index (χ1) is 15.3. The zero-order chi connectivity index (χ0) is 23.3. The molecule has 0 radical (unpaired) electrons. The van der Waals surface area contributed by atoms with Crippen LogP contribution in [0.3, 0.4) is 0 Å². The highest BCUT2D eigenvalue weighted by Gasteiger charge is 2.44. The SMILES string of the molecule is COC(=O)[C@@H]1C(=O)NC(SCC(=O)Nc2cc(C)cc(C)c2)=C(C#N)[C@H]1c1ccccc1. The van der Waals surface area contributed by atoms with Gasteiger partial charge in [0, 0.05) is 11.6 Å². The van der Waals surface area contributed by atoms with Crippen molar-refractivity contribution in [1.82, 2.24) is 5.32 Å². The summed E-state index contributed by atoms with van der Waals surface area (Å²) in [5.74, 6) is -3.57. The van der Waals surface area contributed by atoms with E-state index in [0.29, 0.717) is 11.3 Å². The Hall–Kier alpha value is -3.57. The molecule has 1 heterocycles. The number of anilines is 1. The van der Waals surface area contributed by atoms with Gasteiger partial charge in [-0.25, -0.2) is 0 Å². The zero-order valence-corrected chi connectivity index (χ0v) is 18.8. The molecule has 0 saturated carbocycles. The molecule has 2 atom stereocenters. The van der Waals surface area contributed by atoms with E-state index in [0.717, 1.165) is 22.9 Å². The summed E-state index contributed by atoms with van der Waals surface area (Å²) in [6, 6.07) is 16.7. The van der Waals surface area contributed by atoms with Gasteiger partial charge in [0.25, 0.3) is 0 Å². The number of aryl methyl sites for hydroxylation is 2. The highest BCUT2D eigenvalue weighted by atomic mass is 32.2. The maximum atomic E-state index is 12.8. The van der Waals surface area contributed by atoms with Gasteiger partial charge >= 0.3 is 5.97 Å². The van der Waals surface area contributed by atoms with Crippen LogP contribution in [0.5, 0.6) is 0 Å². The molecular weight excluding hydrogens is 426 g/mol. The van der Waals surface area contributed by atoms with Gasteiger partial charge in [-0.3, -0.25) is 14.4 Å². The lowest BCUT2D eigenvalue weighted by Crippen LogP contribution is -2.44. The number of rotatable bonds is 6. The maximum Gasteiger partial charge on any atom is 0.319 e. The summed E-state index contributed by atoms with van der Waals surface area (Å²) >= 11 is 1.05. The Morgan fingerprint density at radius 3 is 2.41 bits per heavy atom. The molecule has 0 saturated heterocycles. The number of allylic oxidation sites excluding steroid dienone is 1. The lowest BCUT2D eigenvalue weighted by atomic mass is 9.78. The molecule has 32 heavy (non-hydrogen) atoms. The zero-order valence-electron chi connectivity index (χ0n) is 18.0. The third-order valence-corrected chi connectivity index (χ3v) is 6.01. The Morgan fingerprint density at radius 2 is 1.81 bits per heavy atom. The lowest BCUT2D eigenvalue weighted by molar-refractivity contribution is -0.150. The van der Waals surface area contributed by atoms with Crippen LogP contribution in [0.1, 0.15) is 22.6 Å². The number of esters is 1. The number of methoxy groups -OCH3 is 1. The number of benzene rings is 2. The van der Waals surface area contributed by atoms with Crippen molar-refractivity contribution in [2.24, 2.45) is 5.92 Å². The highest BCUT2D eigenvalue weighted by Crippen LogP contribution is 2.40. The van der Waals surface area contributed by atoms with E-state index in [2.05, 4.69) is 16.7 Å². The van der Waals surface area contributed by atoms with E-state index in [4.69, 9.17) is 4.74 Å². The fraction of sp³-hybridized carbons (Fsp3) is 0.250. The van der Waals surface area contributed by atoms with Crippen LogP contribution in [0.15, 0.2) is 59.1 Å². The summed E-state index contributed by atoms with van der Waals surface area (Å²) in [4.78, 5) is 37.7. The third-order valence-electron chi connectivity index (χ3n) is 5.00. The number of thioether (sulfide) groups is 1. The Balaban J connectivity index is 1.86. The molecule has 2 aromatic carbocycles. The molecule has 0 fully saturated rings. The summed E-state index contributed by atoms with van der Waals surface area (Å²) in [6.07, 6.45) is 0. The number of nitrogens with one attached hydrogen (secondary N) is 2. The van der Waals surface area contributed by atoms with Crippen LogP contribution in [0, 0.1) is 31.1 Å². The van der Waals surface area contributed by atoms with Crippen LogP contribution in [-0.2, 0) is 19.1 Å². The van der Waals surface area contributed by atoms with Crippen LogP contribution >= 0.6 is 11.8 Å². The molecule has 8 heteroatoms. The summed E-state index contributed by atoms with van der Waals surface area (Å²) in [6.45, 7) is 3.89. The van der Waals surface area contributed by atoms with Gasteiger partial charge in [0.2, 0.25) is 11.8 Å². The number of ether oxygens (including phenoxy) is 1. The smallest absolute Gasteiger partial charge is 0.319 e. The first-order valence-corrected chi connectivity index (χ1v) is 10.9. The average Bonchev–Trinajstić information content (AvgIpc) is 2.76. The Bertz CT molecular complexity index is 1100. The quantitative estimate of drug-likeness (QED) is 0.517. The molecule has 2 N–H and O–H groups in total. The number of hydrogen-bond donors (Lipinski definition) is 2. The standard InChI is InChI=1S/C24H23N3O4S/c1-14-9-15(2)11-17(10-14)26-19(28)13-32-23-18(12-25)20(16-7-5-4-6-8-16)21(22(29)27-23)24(30)31-3/h4-11,20-21H,13H2,1-3H3,(H,26,28)(H,27,29)/t20-,21+/m1/s1. The van der Waals surface area contributed by atoms with Gasteiger partial charge in [-0.05, 0) is 42.7 Å². The second kappa shape index (κ2) is 10.2. The number of hydrogen-bond acceptors (Lipinski definition) is 6. The predicted octanol–water partition coefficient (Wildman–Crippen LogP) is 3.41. The van der Waals surface area contributed by atoms with E-state index in [1.807, 2.05) is 38.1 Å². The Morgan fingerprint density at radius 1 is 1.16 bits per heavy atom. The van der Waals surface area contributed by atoms with Crippen molar-refractivity contribution in [1.29, 1.82) is 5.26 Å². The van der Waals surface area contributed by atoms with Crippen molar-refractivity contribution < 1.29 is 19.1 Å². The summed E-state index contributed by atoms with van der Waals surface area (Å²) in [5, 5.41) is 15.6. The van der Waals surface area contributed by atoms with Crippen LogP contribution in [-0.4, -0.2) is 30.6 Å². The van der Waals surface area contributed by atoms with Crippen molar-refractivity contribution in [2.75, 3.05) is 18.2 Å². The van der Waals surface area contributed by atoms with E-state index in [9.17, 15) is 19.6 Å². The van der Waals surface area contributed by atoms with Gasteiger partial charge in [-0.2, -0.15) is 5.26 Å². The monoisotopic (exact) mass is 449 g/mol. The van der Waals surface area contributed by atoms with Gasteiger partial charge in [0.1, 0.15) is 5.92 Å². The normalized spacial score (nSPS) is 17.9. The summed E-state index contributed by atoms with van der Waals surface area (Å²) < 4.78 is 4.82. The van der Waals surface area contributed by atoms with E-state index < -0.39 is 23.7 Å². The number of carbonyl (C=O) groups excluding carboxylic acids is 3. The minimum absolute atomic E-state index is 0.0157. The average molecular weight is 450 g/mol. The molecule has 2 amide bonds. The lowest BCUT2D eigenvalue weighted by Gasteiger charge is -2.30. The minimum Gasteiger partial charge on any atom is -0.468 e. The van der Waals surface area contributed by atoms with Gasteiger partial charge < -0.3 is 15.4 Å². The van der Waals surface area contributed by atoms with E-state index in [-0.39, 0.29) is 22.3 Å². The fourth-order valence-electron chi connectivity index (χ4n) is 3.72. The molecule has 2 aromatic rings. The largest absolute Gasteiger partial charge is 0.468 e. The first kappa shape index (κ1) is 23.1. The summed E-state index contributed by atoms with van der Waals surface area (Å²) in [7, 11) is 1.20. The predicted molar refractivity (Wildman–Crippen MR) is 122 cm³/mol. The van der Waals surface area contributed by atoms with E-state index >= 15 is 0 Å². The Labute approximate surface area is 190 Å². The van der Waals surface area contributed by atoms with Gasteiger partial charge in [-0.1, -0.05) is 48.2 Å². The molecule has 0 spiro atoms. The topological polar surface area (TPSA) is 108 Å². The number of nitrogens with zero attached hydrogens (tertiary/aromatic N) is 1.